The number of para-hydroxylation sites is 1. The van der Waals surface area contributed by atoms with Gasteiger partial charge in [-0.05, 0) is 18.2 Å². The summed E-state index contributed by atoms with van der Waals surface area (Å²) in [4.78, 5) is 26.9. The molecule has 4 N–H and O–H groups in total. The average Bonchev–Trinajstić information content (AvgIpc) is 2.91. The second-order valence-corrected chi connectivity index (χ2v) is 8.12. The number of aromatic amines is 1. The molecule has 0 spiro atoms. The molecule has 0 aliphatic carbocycles. The lowest BCUT2D eigenvalue weighted by Crippen LogP contribution is -2.28. The number of rotatable bonds is 5. The molecule has 0 aliphatic rings. The molecule has 7 nitrogen and oxygen atoms in total. The van der Waals surface area contributed by atoms with Crippen molar-refractivity contribution in [3.8, 4) is 0 Å². The van der Waals surface area contributed by atoms with E-state index in [4.69, 9.17) is 5.73 Å². The van der Waals surface area contributed by atoms with Crippen molar-refractivity contribution >= 4 is 43.5 Å². The normalized spacial score (nSPS) is 11.7. The van der Waals surface area contributed by atoms with Crippen LogP contribution < -0.4 is 11.1 Å². The number of hydrogen-bond acceptors (Lipinski definition) is 4. The van der Waals surface area contributed by atoms with E-state index in [2.05, 4.69) is 10.3 Å². The molecule has 8 heteroatoms. The highest BCUT2D eigenvalue weighted by molar-refractivity contribution is 7.90. The van der Waals surface area contributed by atoms with Gasteiger partial charge in [-0.25, -0.2) is 8.42 Å². The number of nitrogens with two attached hydrogens (primary N) is 1. The van der Waals surface area contributed by atoms with Crippen molar-refractivity contribution in [1.82, 2.24) is 10.3 Å². The fourth-order valence-electron chi connectivity index (χ4n) is 2.72. The fourth-order valence-corrected chi connectivity index (χ4v) is 3.19. The average molecular weight is 359 g/mol. The summed E-state index contributed by atoms with van der Waals surface area (Å²) in [6, 6.07) is 10.3. The van der Waals surface area contributed by atoms with Gasteiger partial charge in [0.15, 0.2) is 0 Å². The molecule has 3 rings (SSSR count). The lowest BCUT2D eigenvalue weighted by atomic mass is 10.1. The summed E-state index contributed by atoms with van der Waals surface area (Å²) in [6.07, 6.45) is 1.12. The van der Waals surface area contributed by atoms with Crippen molar-refractivity contribution < 1.29 is 18.0 Å². The van der Waals surface area contributed by atoms with Crippen LogP contribution >= 0.6 is 0 Å². The highest BCUT2D eigenvalue weighted by atomic mass is 32.2. The molecule has 2 aromatic carbocycles. The third-order valence-electron chi connectivity index (χ3n) is 3.92. The first kappa shape index (κ1) is 17.0. The Morgan fingerprint density at radius 3 is 2.60 bits per heavy atom. The number of fused-ring (bicyclic) bond motifs is 3. The number of carbonyl (C=O) groups excluding carboxylic acids is 2. The molecule has 25 heavy (non-hydrogen) atoms. The van der Waals surface area contributed by atoms with Crippen LogP contribution in [0.15, 0.2) is 36.4 Å². The van der Waals surface area contributed by atoms with Gasteiger partial charge < -0.3 is 16.0 Å². The lowest BCUT2D eigenvalue weighted by Gasteiger charge is -2.05. The monoisotopic (exact) mass is 359 g/mol. The molecule has 3 aromatic rings. The predicted octanol–water partition coefficient (Wildman–Crippen LogP) is 1.19. The summed E-state index contributed by atoms with van der Waals surface area (Å²) < 4.78 is 22.3. The summed E-state index contributed by atoms with van der Waals surface area (Å²) in [5, 5.41) is 4.31. The van der Waals surface area contributed by atoms with Crippen LogP contribution in [0, 0.1) is 0 Å². The molecule has 1 aromatic heterocycles. The first-order chi connectivity index (χ1) is 11.8. The largest absolute Gasteiger partial charge is 0.366 e. The van der Waals surface area contributed by atoms with Crippen LogP contribution in [-0.2, 0) is 9.84 Å². The lowest BCUT2D eigenvalue weighted by molar-refractivity contribution is 0.0956. The van der Waals surface area contributed by atoms with Gasteiger partial charge >= 0.3 is 0 Å². The van der Waals surface area contributed by atoms with Crippen LogP contribution in [0.3, 0.4) is 0 Å². The van der Waals surface area contributed by atoms with Crippen molar-refractivity contribution in [2.45, 2.75) is 0 Å². The van der Waals surface area contributed by atoms with Crippen molar-refractivity contribution in [3.05, 3.63) is 47.5 Å². The Bertz CT molecular complexity index is 1100. The number of nitrogens with one attached hydrogen (secondary N) is 2. The number of aromatic nitrogens is 1. The van der Waals surface area contributed by atoms with Gasteiger partial charge in [0, 0.05) is 34.7 Å². The van der Waals surface area contributed by atoms with E-state index >= 15 is 0 Å². The Balaban J connectivity index is 2.00. The molecule has 1 heterocycles. The van der Waals surface area contributed by atoms with Crippen LogP contribution in [0.5, 0.6) is 0 Å². The fraction of sp³-hybridized carbons (Fsp3) is 0.176. The Morgan fingerprint density at radius 2 is 1.92 bits per heavy atom. The number of carbonyl (C=O) groups is 2. The van der Waals surface area contributed by atoms with Crippen molar-refractivity contribution in [1.29, 1.82) is 0 Å². The summed E-state index contributed by atoms with van der Waals surface area (Å²) in [5.41, 5.74) is 7.40. The molecule has 0 saturated heterocycles. The minimum atomic E-state index is -3.14. The molecule has 0 saturated carbocycles. The van der Waals surface area contributed by atoms with Gasteiger partial charge in [0.1, 0.15) is 9.84 Å². The zero-order valence-electron chi connectivity index (χ0n) is 13.5. The van der Waals surface area contributed by atoms with Crippen LogP contribution in [0.4, 0.5) is 0 Å². The third-order valence-corrected chi connectivity index (χ3v) is 4.87. The quantitative estimate of drug-likeness (QED) is 0.633. The van der Waals surface area contributed by atoms with Gasteiger partial charge in [-0.1, -0.05) is 18.2 Å². The highest BCUT2D eigenvalue weighted by Crippen LogP contribution is 2.28. The Morgan fingerprint density at radius 1 is 1.16 bits per heavy atom. The minimum absolute atomic E-state index is 0.0418. The van der Waals surface area contributed by atoms with Gasteiger partial charge in [0.25, 0.3) is 5.91 Å². The molecular weight excluding hydrogens is 342 g/mol. The zero-order chi connectivity index (χ0) is 18.2. The van der Waals surface area contributed by atoms with E-state index in [1.807, 2.05) is 6.07 Å². The summed E-state index contributed by atoms with van der Waals surface area (Å²) >= 11 is 0. The van der Waals surface area contributed by atoms with E-state index in [1.165, 1.54) is 0 Å². The SMILES string of the molecule is CS(=O)(=O)CCNC(=O)c1cccc2c1[nH]c1cc(C(N)=O)ccc12. The van der Waals surface area contributed by atoms with E-state index in [0.717, 1.165) is 17.0 Å². The molecular formula is C17H17N3O4S. The van der Waals surface area contributed by atoms with E-state index < -0.39 is 15.7 Å². The van der Waals surface area contributed by atoms with E-state index in [1.54, 1.807) is 30.3 Å². The summed E-state index contributed by atoms with van der Waals surface area (Å²) in [6.45, 7) is 0.0418. The van der Waals surface area contributed by atoms with Crippen LogP contribution in [0.25, 0.3) is 21.8 Å². The van der Waals surface area contributed by atoms with E-state index in [-0.39, 0.29) is 18.2 Å². The second-order valence-electron chi connectivity index (χ2n) is 5.86. The van der Waals surface area contributed by atoms with Gasteiger partial charge in [0.05, 0.1) is 16.8 Å². The molecule has 0 bridgehead atoms. The maximum absolute atomic E-state index is 12.4. The maximum Gasteiger partial charge on any atom is 0.253 e. The standard InChI is InChI=1S/C17H17N3O4S/c1-25(23,24)8-7-19-17(22)13-4-2-3-12-11-6-5-10(16(18)21)9-14(11)20-15(12)13/h2-6,9,20H,7-8H2,1H3,(H2,18,21)(H,19,22). The molecule has 130 valence electrons. The topological polar surface area (TPSA) is 122 Å². The highest BCUT2D eigenvalue weighted by Gasteiger charge is 2.15. The number of benzene rings is 2. The molecule has 0 unspecified atom stereocenters. The molecule has 0 atom stereocenters. The van der Waals surface area contributed by atoms with Crippen molar-refractivity contribution in [3.63, 3.8) is 0 Å². The van der Waals surface area contributed by atoms with Crippen LogP contribution in [0.1, 0.15) is 20.7 Å². The Hall–Kier alpha value is -2.87. The summed E-state index contributed by atoms with van der Waals surface area (Å²) in [7, 11) is -3.14. The Labute approximate surface area is 144 Å². The number of H-pyrrole nitrogens is 1. The Kier molecular flexibility index (Phi) is 4.22. The van der Waals surface area contributed by atoms with Crippen LogP contribution in [0.2, 0.25) is 0 Å². The number of primary amides is 1. The molecule has 2 amide bonds. The van der Waals surface area contributed by atoms with Crippen LogP contribution in [-0.4, -0.2) is 43.8 Å². The van der Waals surface area contributed by atoms with Gasteiger partial charge in [0.2, 0.25) is 5.91 Å². The molecule has 0 radical (unpaired) electrons. The third kappa shape index (κ3) is 3.48. The number of sulfone groups is 1. The smallest absolute Gasteiger partial charge is 0.253 e. The first-order valence-electron chi connectivity index (χ1n) is 7.56. The minimum Gasteiger partial charge on any atom is -0.366 e. The van der Waals surface area contributed by atoms with Gasteiger partial charge in [-0.2, -0.15) is 0 Å². The van der Waals surface area contributed by atoms with E-state index in [0.29, 0.717) is 22.2 Å². The predicted molar refractivity (Wildman–Crippen MR) is 96.4 cm³/mol. The van der Waals surface area contributed by atoms with Gasteiger partial charge in [-0.15, -0.1) is 0 Å². The maximum atomic E-state index is 12.4. The number of amides is 2. The first-order valence-corrected chi connectivity index (χ1v) is 9.62. The zero-order valence-corrected chi connectivity index (χ0v) is 14.3. The van der Waals surface area contributed by atoms with E-state index in [9.17, 15) is 18.0 Å². The van der Waals surface area contributed by atoms with Gasteiger partial charge in [-0.3, -0.25) is 9.59 Å². The summed E-state index contributed by atoms with van der Waals surface area (Å²) in [5.74, 6) is -1.01. The second kappa shape index (κ2) is 6.21. The molecule has 0 fully saturated rings. The number of hydrogen-bond donors (Lipinski definition) is 3. The van der Waals surface area contributed by atoms with Crippen molar-refractivity contribution in [2.24, 2.45) is 5.73 Å². The van der Waals surface area contributed by atoms with Crippen molar-refractivity contribution in [2.75, 3.05) is 18.6 Å². The molecule has 0 aliphatic heterocycles.